The van der Waals surface area contributed by atoms with E-state index in [1.165, 1.54) is 83.5 Å². The number of aliphatic imine (C=N–C) groups is 1. The Morgan fingerprint density at radius 3 is 1.44 bits per heavy atom. The van der Waals surface area contributed by atoms with Crippen LogP contribution < -0.4 is 16.8 Å². The molecule has 0 aromatic rings. The summed E-state index contributed by atoms with van der Waals surface area (Å²) in [5.74, 6) is -1.89. The standard InChI is InChI=1S/C18H36N4O3.C12H24O2/c1-2-3-4-5-6-7-8-9-10-13-16(23)22-15(17(24)25)12-11-14-21-18(19)20;1-2-3-4-5-6-7-8-9-10-11-12(13)14/h15H,2-14H2,1H3,(H,22,23)(H,24,25)(H4,19,20,21);2-11H2,1H3,(H,13,14)/t15-;/m0./s1. The van der Waals surface area contributed by atoms with Crippen molar-refractivity contribution in [2.24, 2.45) is 16.5 Å². The first-order valence-corrected chi connectivity index (χ1v) is 15.5. The van der Waals surface area contributed by atoms with Crippen LogP contribution in [0.3, 0.4) is 0 Å². The first-order chi connectivity index (χ1) is 18.7. The van der Waals surface area contributed by atoms with Crippen LogP contribution in [-0.2, 0) is 14.4 Å². The second-order valence-corrected chi connectivity index (χ2v) is 10.5. The maximum absolute atomic E-state index is 11.9. The first kappa shape index (κ1) is 38.8. The van der Waals surface area contributed by atoms with E-state index in [-0.39, 0.29) is 11.9 Å². The SMILES string of the molecule is CCCCCCCCCCCC(=O)N[C@@H](CCCN=C(N)N)C(=O)O.CCCCCCCCCCCC(=O)O. The summed E-state index contributed by atoms with van der Waals surface area (Å²) >= 11 is 0. The molecule has 1 amide bonds. The number of nitrogens with one attached hydrogen (secondary N) is 1. The van der Waals surface area contributed by atoms with Gasteiger partial charge in [-0.1, -0.05) is 117 Å². The van der Waals surface area contributed by atoms with Gasteiger partial charge >= 0.3 is 11.9 Å². The molecular weight excluding hydrogens is 496 g/mol. The summed E-state index contributed by atoms with van der Waals surface area (Å²) in [7, 11) is 0. The number of nitrogens with two attached hydrogens (primary N) is 2. The van der Waals surface area contributed by atoms with Crippen molar-refractivity contribution >= 4 is 23.8 Å². The molecule has 230 valence electrons. The highest BCUT2D eigenvalue weighted by Crippen LogP contribution is 2.11. The molecule has 39 heavy (non-hydrogen) atoms. The van der Waals surface area contributed by atoms with E-state index in [0.717, 1.165) is 32.1 Å². The topological polar surface area (TPSA) is 168 Å². The van der Waals surface area contributed by atoms with Crippen molar-refractivity contribution in [3.63, 3.8) is 0 Å². The molecule has 0 saturated heterocycles. The van der Waals surface area contributed by atoms with Crippen LogP contribution in [0.5, 0.6) is 0 Å². The number of nitrogens with zero attached hydrogens (tertiary/aromatic N) is 1. The number of hydrogen-bond donors (Lipinski definition) is 5. The number of carbonyl (C=O) groups is 3. The third-order valence-corrected chi connectivity index (χ3v) is 6.58. The maximum atomic E-state index is 11.9. The van der Waals surface area contributed by atoms with Gasteiger partial charge in [0.2, 0.25) is 5.91 Å². The third-order valence-electron chi connectivity index (χ3n) is 6.58. The van der Waals surface area contributed by atoms with Crippen molar-refractivity contribution < 1.29 is 24.6 Å². The zero-order valence-electron chi connectivity index (χ0n) is 25.1. The summed E-state index contributed by atoms with van der Waals surface area (Å²) in [5, 5.41) is 20.2. The number of carbonyl (C=O) groups excluding carboxylic acids is 1. The van der Waals surface area contributed by atoms with Gasteiger partial charge in [0.25, 0.3) is 0 Å². The van der Waals surface area contributed by atoms with Gasteiger partial charge in [-0.15, -0.1) is 0 Å². The van der Waals surface area contributed by atoms with Crippen LogP contribution in [0.15, 0.2) is 4.99 Å². The minimum absolute atomic E-state index is 0.0127. The molecule has 0 saturated carbocycles. The average molecular weight is 557 g/mol. The molecule has 0 rings (SSSR count). The maximum Gasteiger partial charge on any atom is 0.326 e. The summed E-state index contributed by atoms with van der Waals surface area (Å²) in [6.07, 6.45) is 23.3. The Kier molecular flexibility index (Phi) is 30.1. The zero-order chi connectivity index (χ0) is 29.6. The van der Waals surface area contributed by atoms with E-state index in [0.29, 0.717) is 32.2 Å². The molecule has 0 aliphatic heterocycles. The molecule has 0 aromatic heterocycles. The predicted molar refractivity (Wildman–Crippen MR) is 161 cm³/mol. The molecule has 0 aliphatic rings. The van der Waals surface area contributed by atoms with Gasteiger partial charge in [0.05, 0.1) is 0 Å². The Balaban J connectivity index is 0. The minimum Gasteiger partial charge on any atom is -0.481 e. The molecule has 1 atom stereocenters. The molecule has 7 N–H and O–H groups in total. The summed E-state index contributed by atoms with van der Waals surface area (Å²) in [6.45, 7) is 4.80. The summed E-state index contributed by atoms with van der Waals surface area (Å²) in [4.78, 5) is 37.1. The van der Waals surface area contributed by atoms with Gasteiger partial charge < -0.3 is 27.0 Å². The fraction of sp³-hybridized carbons (Fsp3) is 0.867. The summed E-state index contributed by atoms with van der Waals surface area (Å²) in [6, 6.07) is -0.875. The van der Waals surface area contributed by atoms with Crippen molar-refractivity contribution in [3.8, 4) is 0 Å². The summed E-state index contributed by atoms with van der Waals surface area (Å²) in [5.41, 5.74) is 10.4. The quantitative estimate of drug-likeness (QED) is 0.0458. The van der Waals surface area contributed by atoms with Gasteiger partial charge in [-0.25, -0.2) is 4.79 Å². The molecule has 0 aliphatic carbocycles. The molecule has 9 heteroatoms. The highest BCUT2D eigenvalue weighted by atomic mass is 16.4. The van der Waals surface area contributed by atoms with Crippen molar-refractivity contribution in [1.29, 1.82) is 0 Å². The second-order valence-electron chi connectivity index (χ2n) is 10.5. The van der Waals surface area contributed by atoms with E-state index in [1.807, 2.05) is 0 Å². The minimum atomic E-state index is -1.02. The van der Waals surface area contributed by atoms with E-state index < -0.39 is 18.0 Å². The lowest BCUT2D eigenvalue weighted by Crippen LogP contribution is -2.40. The lowest BCUT2D eigenvalue weighted by molar-refractivity contribution is -0.142. The van der Waals surface area contributed by atoms with E-state index >= 15 is 0 Å². The van der Waals surface area contributed by atoms with Crippen molar-refractivity contribution in [1.82, 2.24) is 5.32 Å². The van der Waals surface area contributed by atoms with Crippen molar-refractivity contribution in [2.75, 3.05) is 6.54 Å². The lowest BCUT2D eigenvalue weighted by Gasteiger charge is -2.14. The number of rotatable bonds is 26. The Hall–Kier alpha value is -2.32. The first-order valence-electron chi connectivity index (χ1n) is 15.5. The van der Waals surface area contributed by atoms with E-state index in [4.69, 9.17) is 21.7 Å². The van der Waals surface area contributed by atoms with Crippen LogP contribution in [0.1, 0.15) is 155 Å². The third kappa shape index (κ3) is 33.7. The van der Waals surface area contributed by atoms with Crippen LogP contribution in [0.25, 0.3) is 0 Å². The highest BCUT2D eigenvalue weighted by molar-refractivity contribution is 5.83. The Morgan fingerprint density at radius 1 is 0.641 bits per heavy atom. The van der Waals surface area contributed by atoms with Crippen molar-refractivity contribution in [2.45, 2.75) is 161 Å². The monoisotopic (exact) mass is 556 g/mol. The number of aliphatic carboxylic acids is 2. The molecule has 0 fully saturated rings. The number of unbranched alkanes of at least 4 members (excludes halogenated alkanes) is 16. The number of amides is 1. The van der Waals surface area contributed by atoms with Crippen LogP contribution in [0.4, 0.5) is 0 Å². The van der Waals surface area contributed by atoms with Crippen LogP contribution in [0.2, 0.25) is 0 Å². The Bertz CT molecular complexity index is 624. The fourth-order valence-electron chi connectivity index (χ4n) is 4.21. The second kappa shape index (κ2) is 30.2. The van der Waals surface area contributed by atoms with Gasteiger partial charge in [-0.3, -0.25) is 14.6 Å². The largest absolute Gasteiger partial charge is 0.481 e. The smallest absolute Gasteiger partial charge is 0.326 e. The lowest BCUT2D eigenvalue weighted by atomic mass is 10.1. The Labute approximate surface area is 238 Å². The molecule has 0 spiro atoms. The molecule has 0 heterocycles. The fourth-order valence-corrected chi connectivity index (χ4v) is 4.21. The predicted octanol–water partition coefficient (Wildman–Crippen LogP) is 6.52. The van der Waals surface area contributed by atoms with Gasteiger partial charge in [-0.2, -0.15) is 0 Å². The molecule has 0 unspecified atom stereocenters. The van der Waals surface area contributed by atoms with Gasteiger partial charge in [0.1, 0.15) is 6.04 Å². The molecule has 0 aromatic carbocycles. The number of carboxylic acids is 2. The van der Waals surface area contributed by atoms with Gasteiger partial charge in [-0.05, 0) is 25.7 Å². The number of carboxylic acid groups (broad SMARTS) is 2. The average Bonchev–Trinajstić information content (AvgIpc) is 2.88. The van der Waals surface area contributed by atoms with Gasteiger partial charge in [0.15, 0.2) is 5.96 Å². The number of hydrogen-bond acceptors (Lipinski definition) is 4. The van der Waals surface area contributed by atoms with E-state index in [9.17, 15) is 14.4 Å². The number of guanidine groups is 1. The van der Waals surface area contributed by atoms with Gasteiger partial charge in [0, 0.05) is 19.4 Å². The van der Waals surface area contributed by atoms with E-state index in [2.05, 4.69) is 24.2 Å². The molecular formula is C30H60N4O5. The van der Waals surface area contributed by atoms with Crippen LogP contribution >= 0.6 is 0 Å². The van der Waals surface area contributed by atoms with E-state index in [1.54, 1.807) is 0 Å². The van der Waals surface area contributed by atoms with Crippen molar-refractivity contribution in [3.05, 3.63) is 0 Å². The van der Waals surface area contributed by atoms with Crippen LogP contribution in [-0.4, -0.2) is 46.6 Å². The molecule has 9 nitrogen and oxygen atoms in total. The molecule has 0 radical (unpaired) electrons. The normalized spacial score (nSPS) is 11.2. The summed E-state index contributed by atoms with van der Waals surface area (Å²) < 4.78 is 0. The highest BCUT2D eigenvalue weighted by Gasteiger charge is 2.18. The Morgan fingerprint density at radius 2 is 1.05 bits per heavy atom. The van der Waals surface area contributed by atoms with Crippen LogP contribution in [0, 0.1) is 0 Å². The molecule has 0 bridgehead atoms. The zero-order valence-corrected chi connectivity index (χ0v) is 25.1.